The summed E-state index contributed by atoms with van der Waals surface area (Å²) in [5.41, 5.74) is 7.76. The molecule has 26 heavy (non-hydrogen) atoms. The predicted octanol–water partition coefficient (Wildman–Crippen LogP) is -1.96. The van der Waals surface area contributed by atoms with Crippen LogP contribution in [0.1, 0.15) is 22.3 Å². The fourth-order valence-electron chi connectivity index (χ4n) is 2.86. The fourth-order valence-corrected chi connectivity index (χ4v) is 2.86. The Kier molecular flexibility index (Phi) is 15.1. The minimum Gasteiger partial charge on any atom is -1.00 e. The average Bonchev–Trinajstić information content (AvgIpc) is 2.51. The number of para-hydroxylation sites is 2. The van der Waals surface area contributed by atoms with Gasteiger partial charge < -0.3 is 40.8 Å². The number of hydrogen-bond acceptors (Lipinski definition) is 3. The maximum Gasteiger partial charge on any atom is 0.0400 e. The van der Waals surface area contributed by atoms with E-state index in [1.54, 1.807) is 0 Å². The van der Waals surface area contributed by atoms with Crippen molar-refractivity contribution in [2.24, 2.45) is 0 Å². The fraction of sp³-hybridized carbons (Fsp3) is 0.400. The van der Waals surface area contributed by atoms with Crippen molar-refractivity contribution < 1.29 is 44.9 Å². The zero-order valence-corrected chi connectivity index (χ0v) is 19.8. The first-order valence-corrected chi connectivity index (χ1v) is 8.40. The minimum absolute atomic E-state index is 0. The molecule has 0 saturated heterocycles. The monoisotopic (exact) mass is 574 g/mol. The van der Waals surface area contributed by atoms with Crippen molar-refractivity contribution in [3.8, 4) is 0 Å². The van der Waals surface area contributed by atoms with Gasteiger partial charge in [0.15, 0.2) is 0 Å². The molecule has 0 fully saturated rings. The molecular weight excluding hydrogens is 545 g/mol. The van der Waals surface area contributed by atoms with Gasteiger partial charge in [0.25, 0.3) is 0 Å². The van der Waals surface area contributed by atoms with E-state index in [9.17, 15) is 0 Å². The Labute approximate surface area is 184 Å². The van der Waals surface area contributed by atoms with E-state index in [1.807, 2.05) is 0 Å². The second kappa shape index (κ2) is 14.3. The average molecular weight is 575 g/mol. The molecule has 0 unspecified atom stereocenters. The van der Waals surface area contributed by atoms with Gasteiger partial charge in [-0.1, -0.05) is 36.4 Å². The summed E-state index contributed by atoms with van der Waals surface area (Å²) in [6.45, 7) is 12.4. The van der Waals surface area contributed by atoms with E-state index in [0.29, 0.717) is 0 Å². The van der Waals surface area contributed by atoms with Crippen LogP contribution >= 0.6 is 0 Å². The Bertz CT molecular complexity index is 555. The molecule has 0 aliphatic carbocycles. The SMILES string of the molecule is Cc1cccc(C)c1NCCNCCNc1c(C)cccc1C.[Cl-].[Cl-].[Ir]. The summed E-state index contributed by atoms with van der Waals surface area (Å²) >= 11 is 0. The number of rotatable bonds is 8. The van der Waals surface area contributed by atoms with E-state index in [1.165, 1.54) is 33.6 Å². The second-order valence-corrected chi connectivity index (χ2v) is 6.14. The third kappa shape index (κ3) is 8.28. The van der Waals surface area contributed by atoms with E-state index in [4.69, 9.17) is 0 Å². The number of anilines is 2. The Morgan fingerprint density at radius 3 is 1.19 bits per heavy atom. The molecular formula is C20H29Cl2IrN3-2. The van der Waals surface area contributed by atoms with E-state index >= 15 is 0 Å². The van der Waals surface area contributed by atoms with Crippen LogP contribution in [0.2, 0.25) is 0 Å². The van der Waals surface area contributed by atoms with Crippen molar-refractivity contribution in [2.45, 2.75) is 27.7 Å². The first-order valence-electron chi connectivity index (χ1n) is 8.40. The molecule has 2 aromatic carbocycles. The summed E-state index contributed by atoms with van der Waals surface area (Å²) in [6, 6.07) is 12.8. The van der Waals surface area contributed by atoms with E-state index in [0.717, 1.165) is 26.2 Å². The molecule has 0 atom stereocenters. The first kappa shape index (κ1) is 27.4. The van der Waals surface area contributed by atoms with Crippen LogP contribution in [0.3, 0.4) is 0 Å². The van der Waals surface area contributed by atoms with Crippen LogP contribution in [-0.4, -0.2) is 26.2 Å². The molecule has 0 spiro atoms. The van der Waals surface area contributed by atoms with Crippen LogP contribution in [0.4, 0.5) is 11.4 Å². The molecule has 2 rings (SSSR count). The molecule has 0 heterocycles. The maximum atomic E-state index is 3.53. The summed E-state index contributed by atoms with van der Waals surface area (Å²) in [5, 5.41) is 10.5. The summed E-state index contributed by atoms with van der Waals surface area (Å²) in [6.07, 6.45) is 0. The third-order valence-corrected chi connectivity index (χ3v) is 4.17. The number of aryl methyl sites for hydroxylation is 4. The van der Waals surface area contributed by atoms with Crippen molar-refractivity contribution in [1.82, 2.24) is 5.32 Å². The van der Waals surface area contributed by atoms with Crippen LogP contribution in [-0.2, 0) is 20.1 Å². The molecule has 0 saturated carbocycles. The van der Waals surface area contributed by atoms with Gasteiger partial charge in [-0.2, -0.15) is 0 Å². The molecule has 6 heteroatoms. The molecule has 0 bridgehead atoms. The van der Waals surface area contributed by atoms with Crippen molar-refractivity contribution >= 4 is 11.4 Å². The summed E-state index contributed by atoms with van der Waals surface area (Å²) in [7, 11) is 0. The summed E-state index contributed by atoms with van der Waals surface area (Å²) < 4.78 is 0. The van der Waals surface area contributed by atoms with Gasteiger partial charge in [-0.25, -0.2) is 0 Å². The Balaban J connectivity index is 0. The number of hydrogen-bond donors (Lipinski definition) is 3. The standard InChI is InChI=1S/C20H29N3.2ClH.Ir/c1-15-7-5-8-16(2)19(15)22-13-11-21-12-14-23-20-17(3)9-6-10-18(20)4;;;/h5-10,21-23H,11-14H2,1-4H3;2*1H;/p-2. The summed E-state index contributed by atoms with van der Waals surface area (Å²) in [5.74, 6) is 0. The quantitative estimate of drug-likeness (QED) is 0.321. The summed E-state index contributed by atoms with van der Waals surface area (Å²) in [4.78, 5) is 0. The largest absolute Gasteiger partial charge is 1.00 e. The molecule has 149 valence electrons. The normalized spacial score (nSPS) is 9.38. The molecule has 0 amide bonds. The van der Waals surface area contributed by atoms with Crippen molar-refractivity contribution in [1.29, 1.82) is 0 Å². The van der Waals surface area contributed by atoms with Crippen LogP contribution in [0.15, 0.2) is 36.4 Å². The van der Waals surface area contributed by atoms with Gasteiger partial charge in [0.1, 0.15) is 0 Å². The van der Waals surface area contributed by atoms with Gasteiger partial charge in [0, 0.05) is 57.7 Å². The van der Waals surface area contributed by atoms with Crippen molar-refractivity contribution in [2.75, 3.05) is 36.8 Å². The van der Waals surface area contributed by atoms with Crippen LogP contribution < -0.4 is 40.8 Å². The van der Waals surface area contributed by atoms with Gasteiger partial charge in [-0.15, -0.1) is 0 Å². The second-order valence-electron chi connectivity index (χ2n) is 6.14. The van der Waals surface area contributed by atoms with Gasteiger partial charge in [-0.05, 0) is 49.9 Å². The number of benzene rings is 2. The van der Waals surface area contributed by atoms with Crippen LogP contribution in [0.5, 0.6) is 0 Å². The van der Waals surface area contributed by atoms with Gasteiger partial charge in [0.05, 0.1) is 0 Å². The van der Waals surface area contributed by atoms with E-state index in [2.05, 4.69) is 80.0 Å². The molecule has 0 aliphatic heterocycles. The van der Waals surface area contributed by atoms with E-state index in [-0.39, 0.29) is 44.9 Å². The molecule has 3 nitrogen and oxygen atoms in total. The zero-order chi connectivity index (χ0) is 16.7. The minimum atomic E-state index is 0. The topological polar surface area (TPSA) is 36.1 Å². The van der Waals surface area contributed by atoms with Gasteiger partial charge in [0.2, 0.25) is 0 Å². The van der Waals surface area contributed by atoms with Crippen molar-refractivity contribution in [3.63, 3.8) is 0 Å². The van der Waals surface area contributed by atoms with Gasteiger partial charge in [-0.3, -0.25) is 0 Å². The van der Waals surface area contributed by atoms with E-state index < -0.39 is 0 Å². The van der Waals surface area contributed by atoms with Crippen LogP contribution in [0.25, 0.3) is 0 Å². The van der Waals surface area contributed by atoms with Gasteiger partial charge >= 0.3 is 0 Å². The Hall–Kier alpha value is -0.771. The molecule has 3 N–H and O–H groups in total. The zero-order valence-electron chi connectivity index (χ0n) is 15.9. The number of halogens is 2. The first-order chi connectivity index (χ1) is 11.1. The Morgan fingerprint density at radius 1 is 0.577 bits per heavy atom. The number of nitrogens with one attached hydrogen (secondary N) is 3. The Morgan fingerprint density at radius 2 is 0.885 bits per heavy atom. The smallest absolute Gasteiger partial charge is 0.0400 e. The molecule has 0 aliphatic rings. The molecule has 0 aromatic heterocycles. The third-order valence-electron chi connectivity index (χ3n) is 4.17. The predicted molar refractivity (Wildman–Crippen MR) is 102 cm³/mol. The van der Waals surface area contributed by atoms with Crippen molar-refractivity contribution in [3.05, 3.63) is 58.7 Å². The maximum absolute atomic E-state index is 3.53. The molecule has 1 radical (unpaired) electrons. The van der Waals surface area contributed by atoms with Crippen LogP contribution in [0, 0.1) is 27.7 Å². The molecule has 2 aromatic rings.